The van der Waals surface area contributed by atoms with Gasteiger partial charge < -0.3 is 25.6 Å². The van der Waals surface area contributed by atoms with Gasteiger partial charge in [-0.15, -0.1) is 0 Å². The number of carboxylic acids is 1. The Bertz CT molecular complexity index is 921. The van der Waals surface area contributed by atoms with Crippen LogP contribution in [0.25, 0.3) is 0 Å². The zero-order valence-corrected chi connectivity index (χ0v) is 32.6. The Morgan fingerprint density at radius 2 is 1.12 bits per heavy atom. The first kappa shape index (κ1) is 48.3. The van der Waals surface area contributed by atoms with Crippen molar-refractivity contribution in [1.29, 1.82) is 0 Å². The summed E-state index contributed by atoms with van der Waals surface area (Å²) in [6.45, 7) is 3.37. The third-order valence-electron chi connectivity index (χ3n) is 9.17. The molecule has 0 spiro atoms. The van der Waals surface area contributed by atoms with Crippen molar-refractivity contribution in [3.05, 3.63) is 24.3 Å². The van der Waals surface area contributed by atoms with E-state index in [-0.39, 0.29) is 30.9 Å². The first-order chi connectivity index (χ1) is 24.8. The summed E-state index contributed by atoms with van der Waals surface area (Å²) in [6.07, 6.45) is 39.6. The van der Waals surface area contributed by atoms with Gasteiger partial charge in [-0.2, -0.15) is 0 Å². The molecular formula is C42H76N2O7. The van der Waals surface area contributed by atoms with E-state index in [0.29, 0.717) is 12.8 Å². The highest BCUT2D eigenvalue weighted by Crippen LogP contribution is 2.16. The number of unbranched alkanes of at least 4 members (excludes halogenated alkanes) is 21. The minimum atomic E-state index is -1.39. The minimum Gasteiger partial charge on any atom is -0.480 e. The third kappa shape index (κ3) is 34.2. The van der Waals surface area contributed by atoms with E-state index >= 15 is 0 Å². The number of esters is 1. The zero-order valence-electron chi connectivity index (χ0n) is 32.6. The van der Waals surface area contributed by atoms with Crippen molar-refractivity contribution in [2.24, 2.45) is 0 Å². The van der Waals surface area contributed by atoms with Gasteiger partial charge in [0.1, 0.15) is 12.1 Å². The summed E-state index contributed by atoms with van der Waals surface area (Å²) >= 11 is 0. The quantitative estimate of drug-likeness (QED) is 0.0284. The number of rotatable bonds is 37. The van der Waals surface area contributed by atoms with Crippen LogP contribution in [0, 0.1) is 0 Å². The normalized spacial score (nSPS) is 12.7. The Labute approximate surface area is 311 Å². The molecule has 9 nitrogen and oxygen atoms in total. The molecule has 2 amide bonds. The van der Waals surface area contributed by atoms with Crippen LogP contribution in [0.2, 0.25) is 0 Å². The molecule has 0 radical (unpaired) electrons. The summed E-state index contributed by atoms with van der Waals surface area (Å²) in [5, 5.41) is 22.5. The van der Waals surface area contributed by atoms with Gasteiger partial charge in [0, 0.05) is 12.8 Å². The zero-order chi connectivity index (χ0) is 37.6. The topological polar surface area (TPSA) is 142 Å². The number of nitrogens with one attached hydrogen (secondary N) is 2. The number of amides is 2. The van der Waals surface area contributed by atoms with Crippen LogP contribution in [0.5, 0.6) is 0 Å². The monoisotopic (exact) mass is 721 g/mol. The maximum atomic E-state index is 12.6. The van der Waals surface area contributed by atoms with Gasteiger partial charge in [-0.1, -0.05) is 160 Å². The number of carbonyl (C=O) groups excluding carboxylic acids is 3. The lowest BCUT2D eigenvalue weighted by molar-refractivity contribution is -0.147. The van der Waals surface area contributed by atoms with Crippen LogP contribution in [0.4, 0.5) is 0 Å². The van der Waals surface area contributed by atoms with Gasteiger partial charge in [-0.3, -0.25) is 14.4 Å². The summed E-state index contributed by atoms with van der Waals surface area (Å²) in [5.41, 5.74) is 0. The van der Waals surface area contributed by atoms with Crippen LogP contribution >= 0.6 is 0 Å². The van der Waals surface area contributed by atoms with Crippen LogP contribution in [-0.2, 0) is 23.9 Å². The van der Waals surface area contributed by atoms with E-state index in [0.717, 1.165) is 57.8 Å². The Hall–Kier alpha value is -2.68. The number of hydrogen-bond donors (Lipinski definition) is 4. The van der Waals surface area contributed by atoms with E-state index in [1.54, 1.807) is 0 Å². The average molecular weight is 721 g/mol. The molecule has 0 fully saturated rings. The molecule has 51 heavy (non-hydrogen) atoms. The fourth-order valence-corrected chi connectivity index (χ4v) is 5.97. The van der Waals surface area contributed by atoms with Crippen LogP contribution in [0.3, 0.4) is 0 Å². The molecule has 0 heterocycles. The molecule has 0 saturated carbocycles. The molecule has 0 aromatic heterocycles. The van der Waals surface area contributed by atoms with Gasteiger partial charge in [0.2, 0.25) is 11.8 Å². The van der Waals surface area contributed by atoms with Gasteiger partial charge in [0.25, 0.3) is 0 Å². The van der Waals surface area contributed by atoms with E-state index in [2.05, 4.69) is 42.7 Å². The van der Waals surface area contributed by atoms with Gasteiger partial charge >= 0.3 is 11.9 Å². The predicted octanol–water partition coefficient (Wildman–Crippen LogP) is 9.65. The number of ether oxygens (including phenoxy) is 1. The van der Waals surface area contributed by atoms with Gasteiger partial charge in [0.05, 0.1) is 13.2 Å². The largest absolute Gasteiger partial charge is 0.480 e. The standard InChI is InChI=1S/C42H76N2O7/c1-3-5-7-9-11-12-13-14-15-16-17-18-19-20-21-22-24-30-34-41(48)51-37(31-27-23-10-8-6-4-2)32-28-25-26-29-33-39(46)43-35-40(47)44-38(36-45)42(49)50/h8,10,27,31,37-38,45H,3-7,9,11-26,28-30,32-36H2,1-2H3,(H,43,46)(H,44,47)(H,49,50)/b10-8-,31-27-. The molecule has 4 N–H and O–H groups in total. The number of aliphatic hydroxyl groups is 1. The molecular weight excluding hydrogens is 644 g/mol. The fraction of sp³-hybridized carbons (Fsp3) is 0.810. The van der Waals surface area contributed by atoms with Crippen molar-refractivity contribution in [3.63, 3.8) is 0 Å². The van der Waals surface area contributed by atoms with Crippen LogP contribution in [0.1, 0.15) is 194 Å². The molecule has 2 atom stereocenters. The molecule has 296 valence electrons. The summed E-state index contributed by atoms with van der Waals surface area (Å²) in [7, 11) is 0. The Balaban J connectivity index is 4.10. The van der Waals surface area contributed by atoms with Crippen molar-refractivity contribution < 1.29 is 34.1 Å². The van der Waals surface area contributed by atoms with Crippen molar-refractivity contribution in [3.8, 4) is 0 Å². The fourth-order valence-electron chi connectivity index (χ4n) is 5.97. The average Bonchev–Trinajstić information content (AvgIpc) is 3.11. The number of aliphatic hydroxyl groups excluding tert-OH is 1. The van der Waals surface area contributed by atoms with Crippen molar-refractivity contribution in [2.45, 2.75) is 206 Å². The molecule has 0 aromatic rings. The van der Waals surface area contributed by atoms with Crippen LogP contribution in [-0.4, -0.2) is 59.3 Å². The summed E-state index contributed by atoms with van der Waals surface area (Å²) in [5.74, 6) is -2.42. The van der Waals surface area contributed by atoms with E-state index in [1.807, 2.05) is 6.08 Å². The number of allylic oxidation sites excluding steroid dienone is 3. The lowest BCUT2D eigenvalue weighted by atomic mass is 10.0. The number of aliphatic carboxylic acids is 1. The minimum absolute atomic E-state index is 0.128. The molecule has 0 aromatic carbocycles. The van der Waals surface area contributed by atoms with Crippen LogP contribution in [0.15, 0.2) is 24.3 Å². The first-order valence-electron chi connectivity index (χ1n) is 20.7. The predicted molar refractivity (Wildman–Crippen MR) is 208 cm³/mol. The summed E-state index contributed by atoms with van der Waals surface area (Å²) in [6, 6.07) is -1.39. The Kier molecular flexibility index (Phi) is 35.1. The highest BCUT2D eigenvalue weighted by molar-refractivity contribution is 5.87. The molecule has 0 bridgehead atoms. The van der Waals surface area contributed by atoms with Crippen molar-refractivity contribution in [1.82, 2.24) is 10.6 Å². The maximum Gasteiger partial charge on any atom is 0.328 e. The molecule has 0 saturated heterocycles. The van der Waals surface area contributed by atoms with E-state index in [9.17, 15) is 19.2 Å². The highest BCUT2D eigenvalue weighted by Gasteiger charge is 2.18. The third-order valence-corrected chi connectivity index (χ3v) is 9.17. The summed E-state index contributed by atoms with van der Waals surface area (Å²) < 4.78 is 5.86. The first-order valence-corrected chi connectivity index (χ1v) is 20.7. The second kappa shape index (κ2) is 37.1. The Morgan fingerprint density at radius 1 is 0.608 bits per heavy atom. The maximum absolute atomic E-state index is 12.6. The second-order valence-corrected chi connectivity index (χ2v) is 14.1. The van der Waals surface area contributed by atoms with E-state index in [4.69, 9.17) is 14.9 Å². The van der Waals surface area contributed by atoms with Crippen molar-refractivity contribution >= 4 is 23.8 Å². The SMILES string of the molecule is CCC/C=C\C/C=C\C(CCCCCCC(=O)NCC(=O)NC(CO)C(=O)O)OC(=O)CCCCCCCCCCCCCCCCCCCC. The molecule has 9 heteroatoms. The van der Waals surface area contributed by atoms with Crippen LogP contribution < -0.4 is 10.6 Å². The lowest BCUT2D eigenvalue weighted by Crippen LogP contribution is -2.47. The van der Waals surface area contributed by atoms with Gasteiger partial charge in [-0.25, -0.2) is 4.79 Å². The van der Waals surface area contributed by atoms with Gasteiger partial charge in [0.15, 0.2) is 0 Å². The number of carboxylic acid groups (broad SMARTS) is 1. The molecule has 0 aliphatic rings. The van der Waals surface area contributed by atoms with Gasteiger partial charge in [-0.05, 0) is 44.6 Å². The molecule has 0 aliphatic carbocycles. The molecule has 2 unspecified atom stereocenters. The smallest absolute Gasteiger partial charge is 0.328 e. The molecule has 0 rings (SSSR count). The number of hydrogen-bond acceptors (Lipinski definition) is 6. The lowest BCUT2D eigenvalue weighted by Gasteiger charge is -2.15. The second-order valence-electron chi connectivity index (χ2n) is 14.1. The summed E-state index contributed by atoms with van der Waals surface area (Å²) in [4.78, 5) is 47.3. The van der Waals surface area contributed by atoms with E-state index < -0.39 is 24.5 Å². The Morgan fingerprint density at radius 3 is 1.63 bits per heavy atom. The highest BCUT2D eigenvalue weighted by atomic mass is 16.5. The number of carbonyl (C=O) groups is 4. The van der Waals surface area contributed by atoms with E-state index in [1.165, 1.54) is 103 Å². The van der Waals surface area contributed by atoms with Crippen molar-refractivity contribution in [2.75, 3.05) is 13.2 Å². The molecule has 0 aliphatic heterocycles.